The smallest absolute Gasteiger partial charge is 0.211 e. The molecule has 0 radical (unpaired) electrons. The number of para-hydroxylation sites is 2. The minimum atomic E-state index is -3.07. The lowest BCUT2D eigenvalue weighted by atomic mass is 9.98. The van der Waals surface area contributed by atoms with E-state index in [1.165, 1.54) is 6.26 Å². The third-order valence-electron chi connectivity index (χ3n) is 5.06. The molecule has 2 heterocycles. The molecule has 0 bridgehead atoms. The van der Waals surface area contributed by atoms with Gasteiger partial charge in [-0.25, -0.2) is 12.7 Å². The summed E-state index contributed by atoms with van der Waals surface area (Å²) in [6, 6.07) is 7.47. The van der Waals surface area contributed by atoms with E-state index in [2.05, 4.69) is 9.80 Å². The quantitative estimate of drug-likeness (QED) is 0.881. The van der Waals surface area contributed by atoms with Crippen molar-refractivity contribution < 1.29 is 13.5 Å². The van der Waals surface area contributed by atoms with Crippen LogP contribution in [0, 0.1) is 5.92 Å². The third kappa shape index (κ3) is 4.20. The molecule has 2 aliphatic heterocycles. The Morgan fingerprint density at radius 1 is 1.12 bits per heavy atom. The van der Waals surface area contributed by atoms with Crippen LogP contribution >= 0.6 is 0 Å². The highest BCUT2D eigenvalue weighted by Gasteiger charge is 2.28. The second-order valence-corrected chi connectivity index (χ2v) is 8.89. The molecule has 0 amide bonds. The molecule has 6 nitrogen and oxygen atoms in total. The Balaban J connectivity index is 1.51. The van der Waals surface area contributed by atoms with Crippen LogP contribution in [0.1, 0.15) is 12.8 Å². The highest BCUT2D eigenvalue weighted by molar-refractivity contribution is 7.88. The van der Waals surface area contributed by atoms with E-state index in [1.807, 2.05) is 18.2 Å². The number of benzene rings is 1. The molecule has 24 heavy (non-hydrogen) atoms. The molecule has 1 unspecified atom stereocenters. The number of hydrogen-bond donors (Lipinski definition) is 1. The van der Waals surface area contributed by atoms with Crippen LogP contribution in [0.4, 0.5) is 5.69 Å². The minimum Gasteiger partial charge on any atom is -0.506 e. The summed E-state index contributed by atoms with van der Waals surface area (Å²) in [5, 5.41) is 9.98. The lowest BCUT2D eigenvalue weighted by Crippen LogP contribution is -2.50. The topological polar surface area (TPSA) is 64.1 Å². The number of piperidine rings is 1. The van der Waals surface area contributed by atoms with E-state index in [-0.39, 0.29) is 0 Å². The van der Waals surface area contributed by atoms with Gasteiger partial charge in [-0.3, -0.25) is 4.90 Å². The highest BCUT2D eigenvalue weighted by atomic mass is 32.2. The van der Waals surface area contributed by atoms with Gasteiger partial charge in [0.15, 0.2) is 0 Å². The second-order valence-electron chi connectivity index (χ2n) is 6.91. The fraction of sp³-hybridized carbons (Fsp3) is 0.647. The van der Waals surface area contributed by atoms with Crippen LogP contribution in [0.5, 0.6) is 5.75 Å². The first-order valence-corrected chi connectivity index (χ1v) is 10.5. The summed E-state index contributed by atoms with van der Waals surface area (Å²) in [5.41, 5.74) is 0.901. The first-order chi connectivity index (χ1) is 11.4. The van der Waals surface area contributed by atoms with E-state index in [4.69, 9.17) is 0 Å². The Labute approximate surface area is 144 Å². The van der Waals surface area contributed by atoms with Crippen LogP contribution in [0.15, 0.2) is 24.3 Å². The number of nitrogens with zero attached hydrogens (tertiary/aromatic N) is 3. The van der Waals surface area contributed by atoms with Crippen LogP contribution < -0.4 is 4.90 Å². The number of anilines is 1. The molecule has 1 aromatic carbocycles. The molecular weight excluding hydrogens is 326 g/mol. The van der Waals surface area contributed by atoms with Crippen LogP contribution in [-0.2, 0) is 10.0 Å². The minimum absolute atomic E-state index is 0.335. The molecule has 1 N–H and O–H groups in total. The van der Waals surface area contributed by atoms with Gasteiger partial charge in [-0.05, 0) is 30.9 Å². The number of rotatable bonds is 4. The summed E-state index contributed by atoms with van der Waals surface area (Å²) in [6.07, 6.45) is 3.36. The second kappa shape index (κ2) is 7.29. The van der Waals surface area contributed by atoms with Gasteiger partial charge in [0.2, 0.25) is 10.0 Å². The number of phenols is 1. The molecule has 0 aromatic heterocycles. The summed E-state index contributed by atoms with van der Waals surface area (Å²) in [4.78, 5) is 4.64. The van der Waals surface area contributed by atoms with Gasteiger partial charge in [0.25, 0.3) is 0 Å². The van der Waals surface area contributed by atoms with Gasteiger partial charge in [0, 0.05) is 45.8 Å². The van der Waals surface area contributed by atoms with E-state index in [0.29, 0.717) is 24.8 Å². The van der Waals surface area contributed by atoms with Crippen molar-refractivity contribution in [1.82, 2.24) is 9.21 Å². The Hall–Kier alpha value is -1.31. The molecule has 0 aliphatic carbocycles. The van der Waals surface area contributed by atoms with Crippen LogP contribution in [-0.4, -0.2) is 74.8 Å². The molecule has 0 saturated carbocycles. The zero-order chi connectivity index (χ0) is 17.2. The van der Waals surface area contributed by atoms with Crippen molar-refractivity contribution in [2.75, 3.05) is 57.0 Å². The normalized spacial score (nSPS) is 24.2. The summed E-state index contributed by atoms with van der Waals surface area (Å²) in [7, 11) is -3.07. The van der Waals surface area contributed by atoms with Gasteiger partial charge >= 0.3 is 0 Å². The number of hydrogen-bond acceptors (Lipinski definition) is 5. The average molecular weight is 353 g/mol. The Morgan fingerprint density at radius 2 is 1.83 bits per heavy atom. The van der Waals surface area contributed by atoms with Crippen LogP contribution in [0.2, 0.25) is 0 Å². The van der Waals surface area contributed by atoms with Crippen LogP contribution in [0.25, 0.3) is 0 Å². The SMILES string of the molecule is CS(=O)(=O)N1CCCC(CN2CCN(c3ccccc3O)CC2)C1. The van der Waals surface area contributed by atoms with Crippen molar-refractivity contribution >= 4 is 15.7 Å². The van der Waals surface area contributed by atoms with E-state index in [0.717, 1.165) is 51.3 Å². The first kappa shape index (κ1) is 17.5. The van der Waals surface area contributed by atoms with Crippen molar-refractivity contribution in [2.24, 2.45) is 5.92 Å². The summed E-state index contributed by atoms with van der Waals surface area (Å²) >= 11 is 0. The van der Waals surface area contributed by atoms with Crippen molar-refractivity contribution in [1.29, 1.82) is 0 Å². The van der Waals surface area contributed by atoms with Crippen molar-refractivity contribution in [3.8, 4) is 5.75 Å². The lowest BCUT2D eigenvalue weighted by molar-refractivity contribution is 0.172. The maximum Gasteiger partial charge on any atom is 0.211 e. The number of piperazine rings is 1. The van der Waals surface area contributed by atoms with Crippen molar-refractivity contribution in [3.05, 3.63) is 24.3 Å². The van der Waals surface area contributed by atoms with Crippen molar-refractivity contribution in [3.63, 3.8) is 0 Å². The Bertz CT molecular complexity index is 657. The standard InChI is InChI=1S/C17H27N3O3S/c1-24(22,23)20-8-4-5-15(14-20)13-18-9-11-19(12-10-18)16-6-2-3-7-17(16)21/h2-3,6-7,15,21H,4-5,8-14H2,1H3. The zero-order valence-electron chi connectivity index (χ0n) is 14.3. The van der Waals surface area contributed by atoms with Gasteiger partial charge < -0.3 is 10.0 Å². The van der Waals surface area contributed by atoms with Gasteiger partial charge in [0.05, 0.1) is 11.9 Å². The molecule has 1 aromatic rings. The molecule has 0 spiro atoms. The summed E-state index contributed by atoms with van der Waals surface area (Å²) in [6.45, 7) is 5.95. The highest BCUT2D eigenvalue weighted by Crippen LogP contribution is 2.27. The monoisotopic (exact) mass is 353 g/mol. The predicted molar refractivity (Wildman–Crippen MR) is 95.9 cm³/mol. The Kier molecular flexibility index (Phi) is 5.32. The number of aromatic hydroxyl groups is 1. The lowest BCUT2D eigenvalue weighted by Gasteiger charge is -2.39. The molecule has 2 fully saturated rings. The Morgan fingerprint density at radius 3 is 2.50 bits per heavy atom. The van der Waals surface area contributed by atoms with Crippen molar-refractivity contribution in [2.45, 2.75) is 12.8 Å². The molecule has 2 aliphatic rings. The summed E-state index contributed by atoms with van der Waals surface area (Å²) < 4.78 is 25.1. The zero-order valence-corrected chi connectivity index (χ0v) is 15.1. The van der Waals surface area contributed by atoms with Gasteiger partial charge in [0.1, 0.15) is 5.75 Å². The number of phenolic OH excluding ortho intramolecular Hbond substituents is 1. The molecular formula is C17H27N3O3S. The fourth-order valence-corrected chi connectivity index (χ4v) is 4.69. The van der Waals surface area contributed by atoms with E-state index in [9.17, 15) is 13.5 Å². The summed E-state index contributed by atoms with van der Waals surface area (Å²) in [5.74, 6) is 0.757. The van der Waals surface area contributed by atoms with E-state index in [1.54, 1.807) is 10.4 Å². The largest absolute Gasteiger partial charge is 0.506 e. The van der Waals surface area contributed by atoms with E-state index >= 15 is 0 Å². The third-order valence-corrected chi connectivity index (χ3v) is 6.33. The van der Waals surface area contributed by atoms with Gasteiger partial charge in [-0.1, -0.05) is 12.1 Å². The van der Waals surface area contributed by atoms with Crippen LogP contribution in [0.3, 0.4) is 0 Å². The van der Waals surface area contributed by atoms with E-state index < -0.39 is 10.0 Å². The number of sulfonamides is 1. The maximum atomic E-state index is 11.7. The predicted octanol–water partition coefficient (Wildman–Crippen LogP) is 1.19. The molecule has 2 saturated heterocycles. The van der Waals surface area contributed by atoms with Gasteiger partial charge in [-0.15, -0.1) is 0 Å². The molecule has 3 rings (SSSR count). The fourth-order valence-electron chi connectivity index (χ4n) is 3.75. The average Bonchev–Trinajstić information content (AvgIpc) is 2.56. The van der Waals surface area contributed by atoms with Gasteiger partial charge in [-0.2, -0.15) is 0 Å². The molecule has 134 valence electrons. The molecule has 7 heteroatoms. The first-order valence-electron chi connectivity index (χ1n) is 8.64. The molecule has 1 atom stereocenters. The maximum absolute atomic E-state index is 11.7.